The third-order valence-corrected chi connectivity index (χ3v) is 8.31. The lowest BCUT2D eigenvalue weighted by molar-refractivity contribution is 0.100. The van der Waals surface area contributed by atoms with Crippen molar-refractivity contribution in [2.24, 2.45) is 4.99 Å². The number of hydrogen-bond donors (Lipinski definition) is 1. The van der Waals surface area contributed by atoms with Crippen molar-refractivity contribution in [1.29, 1.82) is 0 Å². The SMILES string of the molecule is COc1ccc2c(c1)C(CC(=O)c1ccc(NS(=O)(=O)CCc3cccc4ccccc34)cc1)=NC(C)(C)C2. The molecule has 1 N–H and O–H groups in total. The van der Waals surface area contributed by atoms with E-state index in [1.807, 2.05) is 60.7 Å². The van der Waals surface area contributed by atoms with Crippen molar-refractivity contribution in [2.75, 3.05) is 17.6 Å². The summed E-state index contributed by atoms with van der Waals surface area (Å²) in [5.41, 5.74) is 4.45. The van der Waals surface area contributed by atoms with Crippen LogP contribution in [0.5, 0.6) is 5.75 Å². The standard InChI is InChI=1S/C32H32N2O4S/c1-32(2)21-25-13-16-27(38-3)19-29(25)30(33-32)20-31(35)24-11-14-26(15-12-24)34-39(36,37)18-17-23-9-6-8-22-7-4-5-10-28(22)23/h4-16,19,34H,17-18,20-21H2,1-3H3. The predicted molar refractivity (Wildman–Crippen MR) is 158 cm³/mol. The van der Waals surface area contributed by atoms with Gasteiger partial charge in [0.1, 0.15) is 5.75 Å². The van der Waals surface area contributed by atoms with E-state index in [1.165, 1.54) is 0 Å². The van der Waals surface area contributed by atoms with Crippen molar-refractivity contribution in [3.05, 3.63) is 107 Å². The van der Waals surface area contributed by atoms with Crippen molar-refractivity contribution in [2.45, 2.75) is 38.6 Å². The van der Waals surface area contributed by atoms with Gasteiger partial charge in [-0.25, -0.2) is 8.42 Å². The minimum atomic E-state index is -3.58. The summed E-state index contributed by atoms with van der Waals surface area (Å²) in [7, 11) is -1.96. The molecular weight excluding hydrogens is 508 g/mol. The molecular formula is C32H32N2O4S. The zero-order valence-electron chi connectivity index (χ0n) is 22.4. The van der Waals surface area contributed by atoms with E-state index in [1.54, 1.807) is 31.4 Å². The van der Waals surface area contributed by atoms with E-state index in [2.05, 4.69) is 18.6 Å². The van der Waals surface area contributed by atoms with E-state index >= 15 is 0 Å². The molecule has 0 amide bonds. The van der Waals surface area contributed by atoms with Gasteiger partial charge in [0.2, 0.25) is 10.0 Å². The number of nitrogens with one attached hydrogen (secondary N) is 1. The summed E-state index contributed by atoms with van der Waals surface area (Å²) < 4.78 is 33.7. The number of ketones is 1. The lowest BCUT2D eigenvalue weighted by Crippen LogP contribution is -2.30. The number of hydrogen-bond acceptors (Lipinski definition) is 5. The lowest BCUT2D eigenvalue weighted by Gasteiger charge is -2.29. The quantitative estimate of drug-likeness (QED) is 0.255. The van der Waals surface area contributed by atoms with Crippen LogP contribution in [0.2, 0.25) is 0 Å². The number of carbonyl (C=O) groups excluding carboxylic acids is 1. The molecule has 1 aliphatic heterocycles. The molecule has 0 fully saturated rings. The van der Waals surface area contributed by atoms with Crippen molar-refractivity contribution >= 4 is 38.0 Å². The van der Waals surface area contributed by atoms with Crippen LogP contribution in [0, 0.1) is 0 Å². The van der Waals surface area contributed by atoms with Crippen molar-refractivity contribution in [1.82, 2.24) is 0 Å². The van der Waals surface area contributed by atoms with Gasteiger partial charge in [0, 0.05) is 16.8 Å². The summed E-state index contributed by atoms with van der Waals surface area (Å²) in [5, 5.41) is 2.15. The molecule has 7 heteroatoms. The fourth-order valence-corrected chi connectivity index (χ4v) is 6.22. The molecule has 4 aromatic carbocycles. The average Bonchev–Trinajstić information content (AvgIpc) is 2.91. The molecule has 6 nitrogen and oxygen atoms in total. The molecule has 0 radical (unpaired) electrons. The van der Waals surface area contributed by atoms with Crippen LogP contribution >= 0.6 is 0 Å². The van der Waals surface area contributed by atoms with Crippen LogP contribution in [0.3, 0.4) is 0 Å². The predicted octanol–water partition coefficient (Wildman–Crippen LogP) is 6.23. The molecule has 0 unspecified atom stereocenters. The number of aryl methyl sites for hydroxylation is 1. The molecule has 200 valence electrons. The number of aliphatic imine (C=N–C) groups is 1. The van der Waals surface area contributed by atoms with E-state index in [0.29, 0.717) is 17.7 Å². The van der Waals surface area contributed by atoms with Crippen LogP contribution in [0.1, 0.15) is 47.3 Å². The smallest absolute Gasteiger partial charge is 0.233 e. The maximum Gasteiger partial charge on any atom is 0.233 e. The van der Waals surface area contributed by atoms with E-state index < -0.39 is 10.0 Å². The monoisotopic (exact) mass is 540 g/mol. The fourth-order valence-electron chi connectivity index (χ4n) is 5.13. The molecule has 0 spiro atoms. The van der Waals surface area contributed by atoms with Gasteiger partial charge in [-0.05, 0) is 85.0 Å². The normalized spacial score (nSPS) is 14.4. The van der Waals surface area contributed by atoms with Crippen LogP contribution in [0.25, 0.3) is 10.8 Å². The van der Waals surface area contributed by atoms with Gasteiger partial charge in [-0.2, -0.15) is 0 Å². The molecule has 1 aliphatic rings. The Morgan fingerprint density at radius 3 is 2.49 bits per heavy atom. The van der Waals surface area contributed by atoms with Crippen LogP contribution in [-0.4, -0.2) is 38.3 Å². The Hall–Kier alpha value is -3.97. The van der Waals surface area contributed by atoms with Gasteiger partial charge in [0.25, 0.3) is 0 Å². The van der Waals surface area contributed by atoms with Crippen LogP contribution in [-0.2, 0) is 22.9 Å². The van der Waals surface area contributed by atoms with Gasteiger partial charge in [0.15, 0.2) is 5.78 Å². The number of benzene rings is 4. The Bertz CT molecular complexity index is 1670. The van der Waals surface area contributed by atoms with E-state index in [9.17, 15) is 13.2 Å². The summed E-state index contributed by atoms with van der Waals surface area (Å²) in [6, 6.07) is 26.4. The number of Topliss-reactive ketones (excluding diaryl/α,β-unsaturated/α-hetero) is 1. The number of anilines is 1. The maximum absolute atomic E-state index is 13.2. The van der Waals surface area contributed by atoms with Gasteiger partial charge in [-0.1, -0.05) is 48.5 Å². The summed E-state index contributed by atoms with van der Waals surface area (Å²) in [5.74, 6) is 0.608. The third kappa shape index (κ3) is 6.20. The zero-order valence-corrected chi connectivity index (χ0v) is 23.2. The molecule has 0 saturated carbocycles. The number of fused-ring (bicyclic) bond motifs is 2. The lowest BCUT2D eigenvalue weighted by atomic mass is 9.85. The number of sulfonamides is 1. The van der Waals surface area contributed by atoms with E-state index in [4.69, 9.17) is 9.73 Å². The highest BCUT2D eigenvalue weighted by atomic mass is 32.2. The Morgan fingerprint density at radius 1 is 0.974 bits per heavy atom. The number of carbonyl (C=O) groups is 1. The first-order valence-electron chi connectivity index (χ1n) is 13.0. The van der Waals surface area contributed by atoms with Gasteiger partial charge in [-0.15, -0.1) is 0 Å². The minimum Gasteiger partial charge on any atom is -0.497 e. The maximum atomic E-state index is 13.2. The molecule has 5 rings (SSSR count). The average molecular weight is 541 g/mol. The van der Waals surface area contributed by atoms with Gasteiger partial charge >= 0.3 is 0 Å². The highest BCUT2D eigenvalue weighted by Crippen LogP contribution is 2.31. The van der Waals surface area contributed by atoms with Crippen molar-refractivity contribution in [3.8, 4) is 5.75 Å². The second kappa shape index (κ2) is 10.7. The highest BCUT2D eigenvalue weighted by Gasteiger charge is 2.28. The number of methoxy groups -OCH3 is 1. The molecule has 0 saturated heterocycles. The first-order chi connectivity index (χ1) is 18.6. The Labute approximate surface area is 229 Å². The molecule has 4 aromatic rings. The summed E-state index contributed by atoms with van der Waals surface area (Å²) >= 11 is 0. The molecule has 0 bridgehead atoms. The first-order valence-corrected chi connectivity index (χ1v) is 14.6. The van der Waals surface area contributed by atoms with E-state index in [0.717, 1.165) is 45.3 Å². The Morgan fingerprint density at radius 2 is 1.72 bits per heavy atom. The largest absolute Gasteiger partial charge is 0.497 e. The minimum absolute atomic E-state index is 0.0415. The summed E-state index contributed by atoms with van der Waals surface area (Å²) in [6.07, 6.45) is 1.34. The molecule has 0 aromatic heterocycles. The molecule has 39 heavy (non-hydrogen) atoms. The number of nitrogens with zero attached hydrogens (tertiary/aromatic N) is 1. The first kappa shape index (κ1) is 26.6. The van der Waals surface area contributed by atoms with Crippen molar-refractivity contribution in [3.63, 3.8) is 0 Å². The van der Waals surface area contributed by atoms with Gasteiger partial charge < -0.3 is 4.74 Å². The van der Waals surface area contributed by atoms with Gasteiger partial charge in [-0.3, -0.25) is 14.5 Å². The second-order valence-electron chi connectivity index (χ2n) is 10.6. The Kier molecular flexibility index (Phi) is 7.28. The van der Waals surface area contributed by atoms with Crippen LogP contribution < -0.4 is 9.46 Å². The topological polar surface area (TPSA) is 84.8 Å². The van der Waals surface area contributed by atoms with E-state index in [-0.39, 0.29) is 23.5 Å². The number of rotatable bonds is 9. The highest BCUT2D eigenvalue weighted by molar-refractivity contribution is 7.92. The zero-order chi connectivity index (χ0) is 27.6. The van der Waals surface area contributed by atoms with Crippen molar-refractivity contribution < 1.29 is 17.9 Å². The summed E-state index contributed by atoms with van der Waals surface area (Å²) in [4.78, 5) is 18.1. The van der Waals surface area contributed by atoms with Crippen LogP contribution in [0.4, 0.5) is 5.69 Å². The molecule has 1 heterocycles. The number of ether oxygens (including phenoxy) is 1. The van der Waals surface area contributed by atoms with Crippen LogP contribution in [0.15, 0.2) is 89.9 Å². The third-order valence-electron chi connectivity index (χ3n) is 7.02. The second-order valence-corrected chi connectivity index (χ2v) is 12.4. The Balaban J connectivity index is 1.26. The fraction of sp³-hybridized carbons (Fsp3) is 0.250. The molecule has 0 atom stereocenters. The van der Waals surface area contributed by atoms with Gasteiger partial charge in [0.05, 0.1) is 30.5 Å². The molecule has 0 aliphatic carbocycles. The summed E-state index contributed by atoms with van der Waals surface area (Å²) in [6.45, 7) is 4.12.